The summed E-state index contributed by atoms with van der Waals surface area (Å²) < 4.78 is 20.2. The Bertz CT molecular complexity index is 1230. The summed E-state index contributed by atoms with van der Waals surface area (Å²) in [4.78, 5) is 24.8. The number of ether oxygens (including phenoxy) is 1. The number of rotatable bonds is 10. The van der Waals surface area contributed by atoms with E-state index in [0.717, 1.165) is 29.2 Å². The molecule has 2 N–H and O–H groups in total. The first-order valence-corrected chi connectivity index (χ1v) is 11.6. The van der Waals surface area contributed by atoms with Gasteiger partial charge in [-0.05, 0) is 73.7 Å². The van der Waals surface area contributed by atoms with Crippen molar-refractivity contribution < 1.29 is 23.8 Å². The molecule has 0 unspecified atom stereocenters. The number of hydrogen-bond acceptors (Lipinski definition) is 3. The van der Waals surface area contributed by atoms with E-state index in [1.807, 2.05) is 57.2 Å². The number of benzene rings is 3. The minimum absolute atomic E-state index is 0.0254. The molecule has 0 aromatic heterocycles. The van der Waals surface area contributed by atoms with Gasteiger partial charge < -0.3 is 15.2 Å². The molecule has 0 saturated carbocycles. The third-order valence-corrected chi connectivity index (χ3v) is 5.47. The number of hydrogen-bond donors (Lipinski definition) is 2. The van der Waals surface area contributed by atoms with E-state index in [-0.39, 0.29) is 23.5 Å². The highest BCUT2D eigenvalue weighted by atomic mass is 19.1. The van der Waals surface area contributed by atoms with Crippen molar-refractivity contribution in [1.82, 2.24) is 0 Å². The molecule has 0 aliphatic rings. The van der Waals surface area contributed by atoms with Crippen molar-refractivity contribution >= 4 is 17.6 Å². The van der Waals surface area contributed by atoms with Gasteiger partial charge in [0.25, 0.3) is 0 Å². The second-order valence-corrected chi connectivity index (χ2v) is 8.34. The Hall–Kier alpha value is -3.93. The topological polar surface area (TPSA) is 75.6 Å². The average molecular weight is 476 g/mol. The van der Waals surface area contributed by atoms with Crippen LogP contribution < -0.4 is 10.1 Å². The maximum Gasteiger partial charge on any atom is 0.336 e. The largest absolute Gasteiger partial charge is 0.491 e. The van der Waals surface area contributed by atoms with E-state index in [4.69, 9.17) is 4.74 Å². The van der Waals surface area contributed by atoms with Crippen LogP contribution in [0.1, 0.15) is 47.3 Å². The number of aromatic carboxylic acids is 1. The van der Waals surface area contributed by atoms with Gasteiger partial charge in [0.15, 0.2) is 0 Å². The number of allylic oxidation sites excluding steroid dienone is 2. The maximum atomic E-state index is 14.1. The molecular formula is C29H30FNO4. The van der Waals surface area contributed by atoms with Crippen LogP contribution in [0.2, 0.25) is 0 Å². The predicted molar refractivity (Wildman–Crippen MR) is 137 cm³/mol. The normalized spacial score (nSPS) is 11.0. The molecule has 0 atom stereocenters. The van der Waals surface area contributed by atoms with Gasteiger partial charge in [-0.15, -0.1) is 0 Å². The van der Waals surface area contributed by atoms with E-state index in [1.165, 1.54) is 12.1 Å². The van der Waals surface area contributed by atoms with Crippen LogP contribution in [-0.4, -0.2) is 23.6 Å². The van der Waals surface area contributed by atoms with E-state index in [2.05, 4.69) is 5.32 Å². The Morgan fingerprint density at radius 1 is 1.09 bits per heavy atom. The molecule has 3 rings (SSSR count). The van der Waals surface area contributed by atoms with E-state index in [1.54, 1.807) is 12.1 Å². The molecule has 5 nitrogen and oxygen atoms in total. The molecule has 0 bridgehead atoms. The molecular weight excluding hydrogens is 445 g/mol. The fourth-order valence-electron chi connectivity index (χ4n) is 3.74. The van der Waals surface area contributed by atoms with Crippen molar-refractivity contribution in [3.05, 3.63) is 94.8 Å². The third-order valence-electron chi connectivity index (χ3n) is 5.47. The lowest BCUT2D eigenvalue weighted by Crippen LogP contribution is -2.16. The second-order valence-electron chi connectivity index (χ2n) is 8.34. The van der Waals surface area contributed by atoms with Crippen LogP contribution in [0.3, 0.4) is 0 Å². The molecule has 0 aliphatic carbocycles. The number of halogens is 1. The van der Waals surface area contributed by atoms with Crippen molar-refractivity contribution in [1.29, 1.82) is 0 Å². The van der Waals surface area contributed by atoms with Gasteiger partial charge in [-0.1, -0.05) is 48.9 Å². The van der Waals surface area contributed by atoms with E-state index >= 15 is 0 Å². The van der Waals surface area contributed by atoms with Crippen molar-refractivity contribution in [2.45, 2.75) is 40.0 Å². The van der Waals surface area contributed by atoms with Crippen LogP contribution in [0.4, 0.5) is 10.1 Å². The van der Waals surface area contributed by atoms with Gasteiger partial charge in [-0.2, -0.15) is 0 Å². The number of anilines is 1. The van der Waals surface area contributed by atoms with Gasteiger partial charge in [-0.3, -0.25) is 4.79 Å². The van der Waals surface area contributed by atoms with E-state index in [9.17, 15) is 19.1 Å². The first-order valence-electron chi connectivity index (χ1n) is 11.6. The number of nitrogens with one attached hydrogen (secondary N) is 1. The second kappa shape index (κ2) is 12.0. The summed E-state index contributed by atoms with van der Waals surface area (Å²) in [7, 11) is 0. The summed E-state index contributed by atoms with van der Waals surface area (Å²) in [6.07, 6.45) is 5.29. The molecule has 0 radical (unpaired) electrons. The molecule has 3 aromatic rings. The zero-order chi connectivity index (χ0) is 25.4. The van der Waals surface area contributed by atoms with Gasteiger partial charge in [-0.25, -0.2) is 9.18 Å². The minimum Gasteiger partial charge on any atom is -0.491 e. The van der Waals surface area contributed by atoms with Gasteiger partial charge >= 0.3 is 5.97 Å². The zero-order valence-corrected chi connectivity index (χ0v) is 20.2. The standard InChI is InChI=1S/C29H30FNO4/c1-4-6-7-21-16-22(25-18-23(30)12-13-24(25)29(33)34)17-26(28(21)35-14-5-2)31-27(32)15-20-10-8-19(3)9-11-20/h4,6,8-13,16-18H,5,7,14-15H2,1-3H3,(H,31,32)(H,33,34)/b6-4+. The zero-order valence-electron chi connectivity index (χ0n) is 20.2. The van der Waals surface area contributed by atoms with Crippen molar-refractivity contribution in [2.24, 2.45) is 0 Å². The number of carbonyl (C=O) groups excluding carboxylic acids is 1. The Morgan fingerprint density at radius 2 is 1.83 bits per heavy atom. The highest BCUT2D eigenvalue weighted by Gasteiger charge is 2.19. The lowest BCUT2D eigenvalue weighted by atomic mass is 9.95. The van der Waals surface area contributed by atoms with Crippen LogP contribution in [-0.2, 0) is 17.6 Å². The maximum absolute atomic E-state index is 14.1. The van der Waals surface area contributed by atoms with Crippen molar-refractivity contribution in [3.8, 4) is 16.9 Å². The molecule has 0 saturated heterocycles. The summed E-state index contributed by atoms with van der Waals surface area (Å²) in [6, 6.07) is 14.7. The predicted octanol–water partition coefficient (Wildman–Crippen LogP) is 6.59. The molecule has 0 aliphatic heterocycles. The fraction of sp³-hybridized carbons (Fsp3) is 0.241. The molecule has 35 heavy (non-hydrogen) atoms. The molecule has 0 fully saturated rings. The number of carboxylic acid groups (broad SMARTS) is 1. The lowest BCUT2D eigenvalue weighted by Gasteiger charge is -2.19. The Balaban J connectivity index is 2.10. The summed E-state index contributed by atoms with van der Waals surface area (Å²) in [6.45, 7) is 6.32. The fourth-order valence-corrected chi connectivity index (χ4v) is 3.74. The van der Waals surface area contributed by atoms with Gasteiger partial charge in [0.1, 0.15) is 11.6 Å². The molecule has 182 valence electrons. The minimum atomic E-state index is -1.16. The number of carboxylic acids is 1. The molecule has 3 aromatic carbocycles. The number of aryl methyl sites for hydroxylation is 1. The molecule has 0 spiro atoms. The van der Waals surface area contributed by atoms with Crippen molar-refractivity contribution in [3.63, 3.8) is 0 Å². The summed E-state index contributed by atoms with van der Waals surface area (Å²) >= 11 is 0. The molecule has 1 amide bonds. The van der Waals surface area contributed by atoms with Crippen LogP contribution in [0, 0.1) is 12.7 Å². The van der Waals surface area contributed by atoms with Crippen LogP contribution in [0.5, 0.6) is 5.75 Å². The van der Waals surface area contributed by atoms with E-state index < -0.39 is 11.8 Å². The van der Waals surface area contributed by atoms with Crippen LogP contribution in [0.25, 0.3) is 11.1 Å². The Kier molecular flexibility index (Phi) is 8.79. The molecule has 6 heteroatoms. The number of carbonyl (C=O) groups is 2. The van der Waals surface area contributed by atoms with Crippen LogP contribution >= 0.6 is 0 Å². The van der Waals surface area contributed by atoms with E-state index in [0.29, 0.717) is 30.0 Å². The summed E-state index contributed by atoms with van der Waals surface area (Å²) in [5.41, 5.74) is 3.85. The summed E-state index contributed by atoms with van der Waals surface area (Å²) in [5.74, 6) is -1.41. The SMILES string of the molecule is C/C=C/Cc1cc(-c2cc(F)ccc2C(=O)O)cc(NC(=O)Cc2ccc(C)cc2)c1OCCC. The Labute approximate surface area is 205 Å². The monoisotopic (exact) mass is 475 g/mol. The number of amides is 1. The molecule has 0 heterocycles. The van der Waals surface area contributed by atoms with Gasteiger partial charge in [0.05, 0.1) is 24.3 Å². The lowest BCUT2D eigenvalue weighted by molar-refractivity contribution is -0.115. The first kappa shape index (κ1) is 25.7. The average Bonchev–Trinajstić information content (AvgIpc) is 2.83. The smallest absolute Gasteiger partial charge is 0.336 e. The first-order chi connectivity index (χ1) is 16.8. The highest BCUT2D eigenvalue weighted by Crippen LogP contribution is 2.37. The third kappa shape index (κ3) is 6.79. The quantitative estimate of drug-likeness (QED) is 0.325. The highest BCUT2D eigenvalue weighted by molar-refractivity contribution is 5.98. The van der Waals surface area contributed by atoms with Gasteiger partial charge in [0.2, 0.25) is 5.91 Å². The van der Waals surface area contributed by atoms with Crippen LogP contribution in [0.15, 0.2) is 66.7 Å². The van der Waals surface area contributed by atoms with Gasteiger partial charge in [0, 0.05) is 5.56 Å². The summed E-state index contributed by atoms with van der Waals surface area (Å²) in [5, 5.41) is 12.6. The Morgan fingerprint density at radius 3 is 2.49 bits per heavy atom. The van der Waals surface area contributed by atoms with Crippen molar-refractivity contribution in [2.75, 3.05) is 11.9 Å².